The first-order valence-electron chi connectivity index (χ1n) is 5.55. The fourth-order valence-electron chi connectivity index (χ4n) is 1.40. The summed E-state index contributed by atoms with van der Waals surface area (Å²) in [6, 6.07) is 3.42. The van der Waals surface area contributed by atoms with Gasteiger partial charge in [0.15, 0.2) is 9.84 Å². The van der Waals surface area contributed by atoms with Gasteiger partial charge in [-0.25, -0.2) is 16.8 Å². The van der Waals surface area contributed by atoms with E-state index in [0.29, 0.717) is 0 Å². The van der Waals surface area contributed by atoms with Crippen molar-refractivity contribution in [2.75, 3.05) is 19.0 Å². The molecule has 0 spiro atoms. The van der Waals surface area contributed by atoms with Gasteiger partial charge in [-0.15, -0.1) is 0 Å². The van der Waals surface area contributed by atoms with Crippen LogP contribution in [0, 0.1) is 0 Å². The number of rotatable bonds is 4. The van der Waals surface area contributed by atoms with E-state index < -0.39 is 19.9 Å². The van der Waals surface area contributed by atoms with Crippen LogP contribution in [-0.4, -0.2) is 40.5 Å². The Morgan fingerprint density at radius 3 is 2.11 bits per heavy atom. The second-order valence-electron chi connectivity index (χ2n) is 4.59. The van der Waals surface area contributed by atoms with E-state index in [2.05, 4.69) is 0 Å². The number of sulfone groups is 1. The van der Waals surface area contributed by atoms with E-state index >= 15 is 0 Å². The van der Waals surface area contributed by atoms with Crippen molar-refractivity contribution in [1.29, 1.82) is 0 Å². The zero-order valence-corrected chi connectivity index (χ0v) is 12.9. The van der Waals surface area contributed by atoms with E-state index in [9.17, 15) is 16.8 Å². The van der Waals surface area contributed by atoms with Crippen LogP contribution in [0.2, 0.25) is 0 Å². The molecule has 0 aliphatic heterocycles. The quantitative estimate of drug-likeness (QED) is 0.826. The van der Waals surface area contributed by atoms with Crippen molar-refractivity contribution in [3.63, 3.8) is 0 Å². The van der Waals surface area contributed by atoms with E-state index in [0.717, 1.165) is 16.6 Å². The molecule has 0 radical (unpaired) electrons. The van der Waals surface area contributed by atoms with E-state index in [-0.39, 0.29) is 21.5 Å². The number of anilines is 1. The van der Waals surface area contributed by atoms with Gasteiger partial charge in [-0.3, -0.25) is 0 Å². The van der Waals surface area contributed by atoms with Crippen LogP contribution in [-0.2, 0) is 19.9 Å². The highest BCUT2D eigenvalue weighted by atomic mass is 32.2. The SMILES string of the molecule is CC(C)N(C)S(=O)(=O)c1cc(S(C)(=O)=O)ccc1N. The monoisotopic (exact) mass is 306 g/mol. The summed E-state index contributed by atoms with van der Waals surface area (Å²) in [5.74, 6) is 0. The van der Waals surface area contributed by atoms with Gasteiger partial charge in [-0.1, -0.05) is 0 Å². The molecule has 1 rings (SSSR count). The topological polar surface area (TPSA) is 97.5 Å². The molecular formula is C11H18N2O4S2. The fraction of sp³-hybridized carbons (Fsp3) is 0.455. The first-order valence-corrected chi connectivity index (χ1v) is 8.88. The zero-order valence-electron chi connectivity index (χ0n) is 11.3. The smallest absolute Gasteiger partial charge is 0.245 e. The third-order valence-corrected chi connectivity index (χ3v) is 6.00. The number of nitrogens with zero attached hydrogens (tertiary/aromatic N) is 1. The van der Waals surface area contributed by atoms with Crippen molar-refractivity contribution >= 4 is 25.5 Å². The molecule has 0 aromatic heterocycles. The molecular weight excluding hydrogens is 288 g/mol. The highest BCUT2D eigenvalue weighted by Crippen LogP contribution is 2.25. The van der Waals surface area contributed by atoms with E-state index in [1.807, 2.05) is 0 Å². The van der Waals surface area contributed by atoms with Gasteiger partial charge in [-0.05, 0) is 32.0 Å². The third-order valence-electron chi connectivity index (χ3n) is 2.80. The molecule has 1 aromatic rings. The molecule has 0 aliphatic carbocycles. The maximum absolute atomic E-state index is 12.3. The largest absolute Gasteiger partial charge is 0.398 e. The summed E-state index contributed by atoms with van der Waals surface area (Å²) in [4.78, 5) is -0.260. The van der Waals surface area contributed by atoms with Crippen LogP contribution in [0.3, 0.4) is 0 Å². The molecule has 0 saturated heterocycles. The van der Waals surface area contributed by atoms with Crippen LogP contribution in [0.1, 0.15) is 13.8 Å². The van der Waals surface area contributed by atoms with Gasteiger partial charge in [0, 0.05) is 19.3 Å². The van der Waals surface area contributed by atoms with Crippen LogP contribution in [0.4, 0.5) is 5.69 Å². The molecule has 0 amide bonds. The number of benzene rings is 1. The molecule has 0 fully saturated rings. The first kappa shape index (κ1) is 15.9. The Morgan fingerprint density at radius 2 is 1.68 bits per heavy atom. The van der Waals surface area contributed by atoms with Crippen molar-refractivity contribution in [3.8, 4) is 0 Å². The molecule has 1 aromatic carbocycles. The van der Waals surface area contributed by atoms with E-state index in [1.165, 1.54) is 19.2 Å². The Hall–Kier alpha value is -1.12. The lowest BCUT2D eigenvalue weighted by Crippen LogP contribution is -2.33. The summed E-state index contributed by atoms with van der Waals surface area (Å²) < 4.78 is 48.7. The summed E-state index contributed by atoms with van der Waals surface area (Å²) in [5.41, 5.74) is 5.68. The first-order chi connectivity index (χ1) is 8.48. The Labute approximate surface area is 114 Å². The van der Waals surface area contributed by atoms with E-state index in [1.54, 1.807) is 13.8 Å². The van der Waals surface area contributed by atoms with Crippen molar-refractivity contribution < 1.29 is 16.8 Å². The summed E-state index contributed by atoms with van der Waals surface area (Å²) in [7, 11) is -5.87. The van der Waals surface area contributed by atoms with Crippen LogP contribution >= 0.6 is 0 Å². The number of sulfonamides is 1. The summed E-state index contributed by atoms with van der Waals surface area (Å²) >= 11 is 0. The van der Waals surface area contributed by atoms with Crippen LogP contribution in [0.25, 0.3) is 0 Å². The molecule has 19 heavy (non-hydrogen) atoms. The molecule has 0 atom stereocenters. The zero-order chi connectivity index (χ0) is 15.0. The van der Waals surface area contributed by atoms with Gasteiger partial charge in [0.05, 0.1) is 10.6 Å². The second-order valence-corrected chi connectivity index (χ2v) is 8.57. The Morgan fingerprint density at radius 1 is 1.16 bits per heavy atom. The lowest BCUT2D eigenvalue weighted by Gasteiger charge is -2.22. The lowest BCUT2D eigenvalue weighted by molar-refractivity contribution is 0.411. The van der Waals surface area contributed by atoms with Crippen molar-refractivity contribution in [3.05, 3.63) is 18.2 Å². The lowest BCUT2D eigenvalue weighted by atomic mass is 10.3. The van der Waals surface area contributed by atoms with Gasteiger partial charge in [-0.2, -0.15) is 4.31 Å². The maximum Gasteiger partial charge on any atom is 0.245 e. The Kier molecular flexibility index (Phi) is 4.28. The average molecular weight is 306 g/mol. The second kappa shape index (κ2) is 5.10. The van der Waals surface area contributed by atoms with Gasteiger partial charge in [0.25, 0.3) is 0 Å². The molecule has 2 N–H and O–H groups in total. The average Bonchev–Trinajstić information content (AvgIpc) is 2.26. The molecule has 0 heterocycles. The summed E-state index contributed by atoms with van der Waals surface area (Å²) in [6.45, 7) is 3.43. The van der Waals surface area contributed by atoms with Gasteiger partial charge in [0.2, 0.25) is 10.0 Å². The van der Waals surface area contributed by atoms with Crippen LogP contribution < -0.4 is 5.73 Å². The molecule has 0 unspecified atom stereocenters. The minimum atomic E-state index is -3.81. The number of nitrogen functional groups attached to an aromatic ring is 1. The molecule has 6 nitrogen and oxygen atoms in total. The standard InChI is InChI=1S/C11H18N2O4S2/c1-8(2)13(3)19(16,17)11-7-9(18(4,14)15)5-6-10(11)12/h5-8H,12H2,1-4H3. The number of nitrogens with two attached hydrogens (primary N) is 1. The summed E-state index contributed by atoms with van der Waals surface area (Å²) in [6.07, 6.45) is 1.01. The van der Waals surface area contributed by atoms with Gasteiger partial charge < -0.3 is 5.73 Å². The highest BCUT2D eigenvalue weighted by Gasteiger charge is 2.26. The van der Waals surface area contributed by atoms with Gasteiger partial charge >= 0.3 is 0 Å². The molecule has 0 bridgehead atoms. The highest BCUT2D eigenvalue weighted by molar-refractivity contribution is 7.91. The Balaban J connectivity index is 3.52. The molecule has 108 valence electrons. The minimum absolute atomic E-state index is 0.0277. The van der Waals surface area contributed by atoms with Crippen molar-refractivity contribution in [2.45, 2.75) is 29.7 Å². The minimum Gasteiger partial charge on any atom is -0.398 e. The third kappa shape index (κ3) is 3.26. The van der Waals surface area contributed by atoms with Crippen LogP contribution in [0.15, 0.2) is 28.0 Å². The predicted molar refractivity (Wildman–Crippen MR) is 74.0 cm³/mol. The fourth-order valence-corrected chi connectivity index (χ4v) is 3.63. The van der Waals surface area contributed by atoms with Gasteiger partial charge in [0.1, 0.15) is 4.90 Å². The normalized spacial score (nSPS) is 13.2. The predicted octanol–water partition coefficient (Wildman–Crippen LogP) is 0.701. The number of hydrogen-bond donors (Lipinski definition) is 1. The maximum atomic E-state index is 12.3. The Bertz CT molecular complexity index is 679. The van der Waals surface area contributed by atoms with Crippen molar-refractivity contribution in [2.24, 2.45) is 0 Å². The number of hydrogen-bond acceptors (Lipinski definition) is 5. The molecule has 0 saturated carbocycles. The summed E-state index contributed by atoms with van der Waals surface area (Å²) in [5, 5.41) is 0. The van der Waals surface area contributed by atoms with Crippen LogP contribution in [0.5, 0.6) is 0 Å². The molecule has 0 aliphatic rings. The van der Waals surface area contributed by atoms with Crippen molar-refractivity contribution in [1.82, 2.24) is 4.31 Å². The molecule has 8 heteroatoms. The van der Waals surface area contributed by atoms with E-state index in [4.69, 9.17) is 5.73 Å².